The summed E-state index contributed by atoms with van der Waals surface area (Å²) >= 11 is 0. The highest BCUT2D eigenvalue weighted by Crippen LogP contribution is 2.57. The Balaban J connectivity index is 0.890. The maximum Gasteiger partial charge on any atom is 0.0713 e. The van der Waals surface area contributed by atoms with Crippen LogP contribution in [0.1, 0.15) is 47.2 Å². The summed E-state index contributed by atoms with van der Waals surface area (Å²) in [4.78, 5) is 2.37. The Bertz CT molecular complexity index is 3970. The molecule has 0 spiro atoms. The van der Waals surface area contributed by atoms with Gasteiger partial charge in [-0.2, -0.15) is 0 Å². The van der Waals surface area contributed by atoms with Gasteiger partial charge in [-0.1, -0.05) is 220 Å². The summed E-state index contributed by atoms with van der Waals surface area (Å²) in [5.74, 6) is 0. The van der Waals surface area contributed by atoms with Crippen LogP contribution in [0.25, 0.3) is 76.8 Å². The average molecular weight is 904 g/mol. The topological polar surface area (TPSA) is 3.24 Å². The molecular formula is C70H49N. The van der Waals surface area contributed by atoms with Crippen LogP contribution in [0, 0.1) is 0 Å². The van der Waals surface area contributed by atoms with Crippen molar-refractivity contribution in [1.82, 2.24) is 0 Å². The lowest BCUT2D eigenvalue weighted by Crippen LogP contribution is -2.28. The van der Waals surface area contributed by atoms with Gasteiger partial charge >= 0.3 is 0 Å². The first-order valence-corrected chi connectivity index (χ1v) is 24.9. The summed E-state index contributed by atoms with van der Waals surface area (Å²) in [7, 11) is 0. The molecule has 0 fully saturated rings. The normalized spacial score (nSPS) is 13.7. The molecule has 1 nitrogen and oxygen atoms in total. The molecule has 0 saturated carbocycles. The number of hydrogen-bond acceptors (Lipinski definition) is 1. The van der Waals surface area contributed by atoms with Crippen LogP contribution >= 0.6 is 0 Å². The fourth-order valence-electron chi connectivity index (χ4n) is 12.7. The number of para-hydroxylation sites is 2. The Morgan fingerprint density at radius 2 is 0.662 bits per heavy atom. The molecule has 0 heterocycles. The third-order valence-corrected chi connectivity index (χ3v) is 15.9. The van der Waals surface area contributed by atoms with E-state index in [0.29, 0.717) is 0 Å². The van der Waals surface area contributed by atoms with Gasteiger partial charge in [0, 0.05) is 22.5 Å². The van der Waals surface area contributed by atoms with E-state index in [1.54, 1.807) is 0 Å². The maximum absolute atomic E-state index is 2.48. The Labute approximate surface area is 415 Å². The van der Waals surface area contributed by atoms with Crippen molar-refractivity contribution in [3.8, 4) is 44.5 Å². The monoisotopic (exact) mass is 903 g/mol. The summed E-state index contributed by atoms with van der Waals surface area (Å²) < 4.78 is 0. The molecule has 0 atom stereocenters. The molecule has 12 aromatic carbocycles. The van der Waals surface area contributed by atoms with Gasteiger partial charge < -0.3 is 4.90 Å². The van der Waals surface area contributed by atoms with Crippen LogP contribution < -0.4 is 4.90 Å². The van der Waals surface area contributed by atoms with Crippen LogP contribution in [0.4, 0.5) is 17.1 Å². The number of nitrogens with zero attached hydrogens (tertiary/aromatic N) is 1. The van der Waals surface area contributed by atoms with E-state index in [9.17, 15) is 0 Å². The molecule has 0 unspecified atom stereocenters. The van der Waals surface area contributed by atoms with E-state index in [1.165, 1.54) is 110 Å². The number of hydrogen-bond donors (Lipinski definition) is 0. The van der Waals surface area contributed by atoms with E-state index in [4.69, 9.17) is 0 Å². The molecule has 2 aliphatic rings. The van der Waals surface area contributed by atoms with E-state index in [1.807, 2.05) is 0 Å². The van der Waals surface area contributed by atoms with E-state index >= 15 is 0 Å². The van der Waals surface area contributed by atoms with Gasteiger partial charge in [0.1, 0.15) is 0 Å². The van der Waals surface area contributed by atoms with Gasteiger partial charge in [0.05, 0.1) is 5.41 Å². The zero-order valence-corrected chi connectivity index (χ0v) is 39.8. The lowest BCUT2D eigenvalue weighted by Gasteiger charge is -2.34. The minimum atomic E-state index is -0.435. The Morgan fingerprint density at radius 1 is 0.254 bits per heavy atom. The van der Waals surface area contributed by atoms with Gasteiger partial charge in [0.25, 0.3) is 0 Å². The summed E-state index contributed by atoms with van der Waals surface area (Å²) in [5, 5.41) is 7.58. The third-order valence-electron chi connectivity index (χ3n) is 15.9. The second-order valence-corrected chi connectivity index (χ2v) is 19.9. The summed E-state index contributed by atoms with van der Waals surface area (Å²) in [6.07, 6.45) is 0. The first-order valence-electron chi connectivity index (χ1n) is 24.9. The van der Waals surface area contributed by atoms with E-state index in [2.05, 4.69) is 280 Å². The van der Waals surface area contributed by atoms with Crippen molar-refractivity contribution in [2.24, 2.45) is 0 Å². The Kier molecular flexibility index (Phi) is 9.22. The van der Waals surface area contributed by atoms with Crippen molar-refractivity contribution in [3.63, 3.8) is 0 Å². The Morgan fingerprint density at radius 3 is 1.23 bits per heavy atom. The molecule has 0 aromatic heterocycles. The van der Waals surface area contributed by atoms with Crippen LogP contribution in [0.5, 0.6) is 0 Å². The second-order valence-electron chi connectivity index (χ2n) is 19.9. The van der Waals surface area contributed by atoms with Crippen molar-refractivity contribution in [3.05, 3.63) is 294 Å². The third kappa shape index (κ3) is 6.13. The Hall–Kier alpha value is -8.78. The molecule has 12 aromatic rings. The lowest BCUT2D eigenvalue weighted by atomic mass is 9.67. The zero-order chi connectivity index (χ0) is 47.3. The number of benzene rings is 12. The minimum Gasteiger partial charge on any atom is -0.310 e. The van der Waals surface area contributed by atoms with Crippen LogP contribution in [0.2, 0.25) is 0 Å². The molecule has 14 rings (SSSR count). The fourth-order valence-corrected chi connectivity index (χ4v) is 12.7. The van der Waals surface area contributed by atoms with Crippen molar-refractivity contribution in [2.75, 3.05) is 4.90 Å². The van der Waals surface area contributed by atoms with Crippen LogP contribution in [-0.4, -0.2) is 0 Å². The van der Waals surface area contributed by atoms with E-state index in [0.717, 1.165) is 17.1 Å². The van der Waals surface area contributed by atoms with Crippen molar-refractivity contribution >= 4 is 49.4 Å². The summed E-state index contributed by atoms with van der Waals surface area (Å²) in [5.41, 5.74) is 20.9. The van der Waals surface area contributed by atoms with Gasteiger partial charge in [-0.25, -0.2) is 0 Å². The van der Waals surface area contributed by atoms with Crippen LogP contribution in [-0.2, 0) is 10.8 Å². The van der Waals surface area contributed by atoms with Crippen LogP contribution in [0.3, 0.4) is 0 Å². The number of fused-ring (bicyclic) bond motifs is 11. The fraction of sp³-hybridized carbons (Fsp3) is 0.0571. The van der Waals surface area contributed by atoms with Crippen molar-refractivity contribution < 1.29 is 0 Å². The highest BCUT2D eigenvalue weighted by atomic mass is 15.1. The molecule has 0 radical (unpaired) electrons. The van der Waals surface area contributed by atoms with E-state index < -0.39 is 5.41 Å². The molecule has 0 saturated heterocycles. The van der Waals surface area contributed by atoms with Gasteiger partial charge in [0.15, 0.2) is 0 Å². The van der Waals surface area contributed by atoms with Crippen LogP contribution in [0.15, 0.2) is 261 Å². The standard InChI is InChI=1S/C70H49N/c1-69(2)67-42-47(36-40-59(67)60-41-39-52(43-68(60)69)71(50-22-8-4-9-23-50)51-24-10-5-11-25-51)62-45-64-55-28-14-12-26-53(55)61(44-63(64)56-29-15-13-27-54(56)62)46-34-37-49(38-35-46)70(48-20-6-3-7-21-48)65-32-18-16-30-57(65)58-31-17-19-33-66(58)70/h3-45H,1-2H3. The minimum absolute atomic E-state index is 0.217. The molecule has 1 heteroatoms. The molecular weight excluding hydrogens is 855 g/mol. The van der Waals surface area contributed by atoms with Crippen molar-refractivity contribution in [2.45, 2.75) is 24.7 Å². The SMILES string of the molecule is CC1(C)c2cc(-c3cc4c5ccccc5c(-c5ccc(C6(c7ccccc7)c7ccccc7-c7ccccc76)cc5)cc4c4ccccc34)ccc2-c2ccc(N(c3ccccc3)c3ccccc3)cc21. The molecule has 0 amide bonds. The van der Waals surface area contributed by atoms with Gasteiger partial charge in [-0.15, -0.1) is 0 Å². The van der Waals surface area contributed by atoms with Crippen molar-refractivity contribution in [1.29, 1.82) is 0 Å². The van der Waals surface area contributed by atoms with Gasteiger partial charge in [-0.3, -0.25) is 0 Å². The smallest absolute Gasteiger partial charge is 0.0713 e. The zero-order valence-electron chi connectivity index (χ0n) is 39.8. The maximum atomic E-state index is 2.48. The second kappa shape index (κ2) is 15.9. The lowest BCUT2D eigenvalue weighted by molar-refractivity contribution is 0.660. The summed E-state index contributed by atoms with van der Waals surface area (Å²) in [6, 6.07) is 97.2. The largest absolute Gasteiger partial charge is 0.310 e. The predicted octanol–water partition coefficient (Wildman–Crippen LogP) is 18.6. The van der Waals surface area contributed by atoms with Gasteiger partial charge in [0.2, 0.25) is 0 Å². The molecule has 0 N–H and O–H groups in total. The molecule has 334 valence electrons. The highest BCUT2D eigenvalue weighted by molar-refractivity contribution is 6.24. The average Bonchev–Trinajstić information content (AvgIpc) is 3.86. The highest BCUT2D eigenvalue weighted by Gasteiger charge is 2.46. The van der Waals surface area contributed by atoms with E-state index in [-0.39, 0.29) is 5.41 Å². The first kappa shape index (κ1) is 41.2. The number of anilines is 3. The molecule has 0 bridgehead atoms. The quantitative estimate of drug-likeness (QED) is 0.144. The molecule has 71 heavy (non-hydrogen) atoms. The summed E-state index contributed by atoms with van der Waals surface area (Å²) in [6.45, 7) is 4.79. The molecule has 2 aliphatic carbocycles. The first-order chi connectivity index (χ1) is 35.0. The molecule has 0 aliphatic heterocycles. The predicted molar refractivity (Wildman–Crippen MR) is 299 cm³/mol. The number of rotatable bonds is 7. The van der Waals surface area contributed by atoms with Gasteiger partial charge in [-0.05, 0) is 165 Å².